The Kier molecular flexibility index (Phi) is 10.0. The first-order chi connectivity index (χ1) is 6.85. The highest BCUT2D eigenvalue weighted by molar-refractivity contribution is 4.68. The number of rotatable bonds is 9. The van der Waals surface area contributed by atoms with Gasteiger partial charge in [0, 0.05) is 19.6 Å². The van der Waals surface area contributed by atoms with Crippen molar-refractivity contribution in [2.24, 2.45) is 0 Å². The molecule has 0 spiro atoms. The van der Waals surface area contributed by atoms with Crippen molar-refractivity contribution in [3.8, 4) is 6.07 Å². The van der Waals surface area contributed by atoms with Crippen molar-refractivity contribution in [2.45, 2.75) is 52.2 Å². The molecule has 82 valence electrons. The molecular formula is C11H21NO2. The molecule has 0 saturated heterocycles. The van der Waals surface area contributed by atoms with Crippen LogP contribution in [0.4, 0.5) is 0 Å². The highest BCUT2D eigenvalue weighted by atomic mass is 16.7. The molecule has 0 rings (SSSR count). The third-order valence-corrected chi connectivity index (χ3v) is 1.88. The molecular weight excluding hydrogens is 178 g/mol. The van der Waals surface area contributed by atoms with E-state index in [9.17, 15) is 0 Å². The second-order valence-corrected chi connectivity index (χ2v) is 3.16. The molecule has 0 amide bonds. The van der Waals surface area contributed by atoms with Crippen molar-refractivity contribution < 1.29 is 9.47 Å². The second kappa shape index (κ2) is 10.5. The normalized spacial score (nSPS) is 12.4. The van der Waals surface area contributed by atoms with E-state index in [0.29, 0.717) is 13.0 Å². The minimum atomic E-state index is -0.111. The lowest BCUT2D eigenvalue weighted by Crippen LogP contribution is -2.17. The van der Waals surface area contributed by atoms with Gasteiger partial charge in [-0.1, -0.05) is 13.3 Å². The van der Waals surface area contributed by atoms with Crippen molar-refractivity contribution in [1.29, 1.82) is 5.26 Å². The van der Waals surface area contributed by atoms with E-state index in [0.717, 1.165) is 32.3 Å². The van der Waals surface area contributed by atoms with Gasteiger partial charge < -0.3 is 9.47 Å². The number of hydrogen-bond acceptors (Lipinski definition) is 3. The van der Waals surface area contributed by atoms with Crippen LogP contribution in [-0.4, -0.2) is 19.5 Å². The highest BCUT2D eigenvalue weighted by Gasteiger charge is 2.07. The Balaban J connectivity index is 3.50. The summed E-state index contributed by atoms with van der Waals surface area (Å²) in [6.45, 7) is 5.52. The summed E-state index contributed by atoms with van der Waals surface area (Å²) < 4.78 is 10.9. The third kappa shape index (κ3) is 8.03. The molecule has 0 aliphatic heterocycles. The molecule has 0 saturated carbocycles. The summed E-state index contributed by atoms with van der Waals surface area (Å²) in [7, 11) is 0. The van der Waals surface area contributed by atoms with Crippen molar-refractivity contribution in [3.63, 3.8) is 0 Å². The monoisotopic (exact) mass is 199 g/mol. The van der Waals surface area contributed by atoms with Gasteiger partial charge in [0.2, 0.25) is 0 Å². The predicted octanol–water partition coefficient (Wildman–Crippen LogP) is 2.86. The number of ether oxygens (including phenoxy) is 2. The number of nitriles is 1. The summed E-state index contributed by atoms with van der Waals surface area (Å²) >= 11 is 0. The topological polar surface area (TPSA) is 42.2 Å². The molecule has 3 heteroatoms. The van der Waals surface area contributed by atoms with Crippen LogP contribution in [0.2, 0.25) is 0 Å². The van der Waals surface area contributed by atoms with E-state index in [-0.39, 0.29) is 6.29 Å². The van der Waals surface area contributed by atoms with Crippen LogP contribution >= 0.6 is 0 Å². The van der Waals surface area contributed by atoms with Gasteiger partial charge in [-0.3, -0.25) is 0 Å². The van der Waals surface area contributed by atoms with Crippen LogP contribution in [0.3, 0.4) is 0 Å². The van der Waals surface area contributed by atoms with Gasteiger partial charge in [-0.15, -0.1) is 0 Å². The first-order valence-corrected chi connectivity index (χ1v) is 5.45. The summed E-state index contributed by atoms with van der Waals surface area (Å²) in [5, 5.41) is 8.39. The summed E-state index contributed by atoms with van der Waals surface area (Å²) in [4.78, 5) is 0. The average molecular weight is 199 g/mol. The summed E-state index contributed by atoms with van der Waals surface area (Å²) in [5.41, 5.74) is 0. The van der Waals surface area contributed by atoms with E-state index in [2.05, 4.69) is 13.0 Å². The van der Waals surface area contributed by atoms with E-state index < -0.39 is 0 Å². The molecule has 0 aromatic heterocycles. The lowest BCUT2D eigenvalue weighted by Gasteiger charge is -2.16. The third-order valence-electron chi connectivity index (χ3n) is 1.88. The van der Waals surface area contributed by atoms with Crippen molar-refractivity contribution in [3.05, 3.63) is 0 Å². The predicted molar refractivity (Wildman–Crippen MR) is 55.7 cm³/mol. The van der Waals surface area contributed by atoms with Gasteiger partial charge >= 0.3 is 0 Å². The number of hydrogen-bond donors (Lipinski definition) is 0. The summed E-state index contributed by atoms with van der Waals surface area (Å²) in [6.07, 6.45) is 4.36. The van der Waals surface area contributed by atoms with Crippen LogP contribution in [0.15, 0.2) is 0 Å². The smallest absolute Gasteiger partial charge is 0.157 e. The molecule has 0 fully saturated rings. The van der Waals surface area contributed by atoms with E-state index in [1.165, 1.54) is 0 Å². The van der Waals surface area contributed by atoms with Gasteiger partial charge in [-0.25, -0.2) is 0 Å². The van der Waals surface area contributed by atoms with E-state index >= 15 is 0 Å². The Labute approximate surface area is 87.0 Å². The minimum absolute atomic E-state index is 0.111. The Bertz CT molecular complexity index is 154. The maximum Gasteiger partial charge on any atom is 0.157 e. The number of nitrogens with zero attached hydrogens (tertiary/aromatic N) is 1. The first kappa shape index (κ1) is 13.4. The molecule has 3 nitrogen and oxygen atoms in total. The molecule has 0 heterocycles. The summed E-state index contributed by atoms with van der Waals surface area (Å²) in [6, 6.07) is 2.12. The first-order valence-electron chi connectivity index (χ1n) is 5.45. The molecule has 0 aliphatic carbocycles. The molecule has 0 aromatic carbocycles. The van der Waals surface area contributed by atoms with Crippen LogP contribution in [0.25, 0.3) is 0 Å². The van der Waals surface area contributed by atoms with Gasteiger partial charge in [0.25, 0.3) is 0 Å². The fourth-order valence-corrected chi connectivity index (χ4v) is 1.11. The minimum Gasteiger partial charge on any atom is -0.353 e. The molecule has 1 atom stereocenters. The molecule has 0 aliphatic rings. The van der Waals surface area contributed by atoms with Crippen molar-refractivity contribution in [1.82, 2.24) is 0 Å². The zero-order valence-electron chi connectivity index (χ0n) is 9.29. The van der Waals surface area contributed by atoms with Crippen LogP contribution in [0, 0.1) is 11.3 Å². The van der Waals surface area contributed by atoms with Crippen LogP contribution < -0.4 is 0 Å². The van der Waals surface area contributed by atoms with Gasteiger partial charge in [0.1, 0.15) is 0 Å². The molecule has 0 radical (unpaired) electrons. The van der Waals surface area contributed by atoms with Crippen LogP contribution in [-0.2, 0) is 9.47 Å². The van der Waals surface area contributed by atoms with Gasteiger partial charge in [0.15, 0.2) is 6.29 Å². The Morgan fingerprint density at radius 1 is 1.21 bits per heavy atom. The van der Waals surface area contributed by atoms with E-state index in [4.69, 9.17) is 14.7 Å². The lowest BCUT2D eigenvalue weighted by atomic mass is 10.2. The molecule has 0 N–H and O–H groups in total. The van der Waals surface area contributed by atoms with Gasteiger partial charge in [-0.05, 0) is 26.2 Å². The number of unbranched alkanes of at least 4 members (excludes halogenated alkanes) is 2. The zero-order chi connectivity index (χ0) is 10.6. The van der Waals surface area contributed by atoms with Crippen molar-refractivity contribution in [2.75, 3.05) is 13.2 Å². The highest BCUT2D eigenvalue weighted by Crippen LogP contribution is 2.07. The standard InChI is InChI=1S/C11H21NO2/c1-3-5-10-14-11(13-4-2)8-6-7-9-12/h11H,3-8,10H2,1-2H3. The summed E-state index contributed by atoms with van der Waals surface area (Å²) in [5.74, 6) is 0. The molecule has 0 bridgehead atoms. The lowest BCUT2D eigenvalue weighted by molar-refractivity contribution is -0.143. The fourth-order valence-electron chi connectivity index (χ4n) is 1.11. The van der Waals surface area contributed by atoms with Gasteiger partial charge in [-0.2, -0.15) is 5.26 Å². The van der Waals surface area contributed by atoms with E-state index in [1.807, 2.05) is 6.92 Å². The molecule has 1 unspecified atom stereocenters. The van der Waals surface area contributed by atoms with Crippen molar-refractivity contribution >= 4 is 0 Å². The maximum absolute atomic E-state index is 8.39. The SMILES string of the molecule is CCCCOC(CCCC#N)OCC. The van der Waals surface area contributed by atoms with Crippen LogP contribution in [0.5, 0.6) is 0 Å². The van der Waals surface area contributed by atoms with Crippen LogP contribution in [0.1, 0.15) is 46.0 Å². The second-order valence-electron chi connectivity index (χ2n) is 3.16. The average Bonchev–Trinajstić information content (AvgIpc) is 2.18. The fraction of sp³-hybridized carbons (Fsp3) is 0.909. The van der Waals surface area contributed by atoms with Gasteiger partial charge in [0.05, 0.1) is 6.07 Å². The maximum atomic E-state index is 8.39. The Morgan fingerprint density at radius 3 is 2.57 bits per heavy atom. The zero-order valence-corrected chi connectivity index (χ0v) is 9.29. The Morgan fingerprint density at radius 2 is 2.00 bits per heavy atom. The van der Waals surface area contributed by atoms with E-state index in [1.54, 1.807) is 0 Å². The molecule has 14 heavy (non-hydrogen) atoms. The quantitative estimate of drug-likeness (QED) is 0.423. The largest absolute Gasteiger partial charge is 0.353 e. The Hall–Kier alpha value is -0.590. The molecule has 0 aromatic rings.